The van der Waals surface area contributed by atoms with Crippen molar-refractivity contribution in [3.05, 3.63) is 53.3 Å². The van der Waals surface area contributed by atoms with Gasteiger partial charge in [0.15, 0.2) is 0 Å². The third-order valence-corrected chi connectivity index (χ3v) is 3.99. The Bertz CT molecular complexity index is 732. The molecule has 0 aromatic heterocycles. The van der Waals surface area contributed by atoms with Gasteiger partial charge in [0.2, 0.25) is 0 Å². The average molecular weight is 306 g/mol. The molecule has 1 atom stereocenters. The summed E-state index contributed by atoms with van der Waals surface area (Å²) in [5.41, 5.74) is 6.79. The van der Waals surface area contributed by atoms with Gasteiger partial charge in [-0.15, -0.1) is 0 Å². The van der Waals surface area contributed by atoms with Crippen LogP contribution in [-0.2, 0) is 10.8 Å². The summed E-state index contributed by atoms with van der Waals surface area (Å²) in [5.74, 6) is -1.27. The maximum absolute atomic E-state index is 13.9. The number of aryl methyl sites for hydroxylation is 1. The van der Waals surface area contributed by atoms with E-state index >= 15 is 0 Å². The van der Waals surface area contributed by atoms with E-state index in [-0.39, 0.29) is 11.3 Å². The third kappa shape index (κ3) is 3.28. The van der Waals surface area contributed by atoms with Crippen molar-refractivity contribution in [3.8, 4) is 0 Å². The fraction of sp³-hybridized carbons (Fsp3) is 0.133. The first-order valence-corrected chi connectivity index (χ1v) is 7.75. The Balaban J connectivity index is 2.44. The molecule has 0 aliphatic heterocycles. The molecule has 2 rings (SSSR count). The van der Waals surface area contributed by atoms with E-state index in [0.29, 0.717) is 10.6 Å². The zero-order chi connectivity index (χ0) is 15.6. The maximum atomic E-state index is 13.9. The topological polar surface area (TPSA) is 72.2 Å². The predicted molar refractivity (Wildman–Crippen MR) is 81.7 cm³/mol. The molecule has 0 spiro atoms. The van der Waals surface area contributed by atoms with Gasteiger partial charge in [-0.3, -0.25) is 9.00 Å². The fourth-order valence-corrected chi connectivity index (χ4v) is 2.55. The van der Waals surface area contributed by atoms with E-state index in [1.54, 1.807) is 24.5 Å². The summed E-state index contributed by atoms with van der Waals surface area (Å²) in [6, 6.07) is 9.28. The second kappa shape index (κ2) is 6.05. The quantitative estimate of drug-likeness (QED) is 0.912. The van der Waals surface area contributed by atoms with Gasteiger partial charge in [0.05, 0.1) is 11.3 Å². The highest BCUT2D eigenvalue weighted by Crippen LogP contribution is 2.27. The van der Waals surface area contributed by atoms with E-state index < -0.39 is 22.5 Å². The number of para-hydroxylation sites is 1. The van der Waals surface area contributed by atoms with Gasteiger partial charge in [0.1, 0.15) is 5.82 Å². The van der Waals surface area contributed by atoms with Crippen molar-refractivity contribution in [3.63, 3.8) is 0 Å². The minimum absolute atomic E-state index is 0.0403. The first-order chi connectivity index (χ1) is 9.90. The Labute approximate surface area is 124 Å². The van der Waals surface area contributed by atoms with Gasteiger partial charge < -0.3 is 11.1 Å². The van der Waals surface area contributed by atoms with E-state index in [2.05, 4.69) is 5.32 Å². The highest BCUT2D eigenvalue weighted by Gasteiger charge is 2.14. The normalized spacial score (nSPS) is 12.0. The van der Waals surface area contributed by atoms with Crippen LogP contribution in [0.5, 0.6) is 0 Å². The van der Waals surface area contributed by atoms with Gasteiger partial charge in [0.25, 0.3) is 5.91 Å². The summed E-state index contributed by atoms with van der Waals surface area (Å²) in [6.07, 6.45) is 1.59. The Morgan fingerprint density at radius 3 is 2.57 bits per heavy atom. The summed E-state index contributed by atoms with van der Waals surface area (Å²) < 4.78 is 25.4. The summed E-state index contributed by atoms with van der Waals surface area (Å²) in [7, 11) is -1.09. The molecule has 0 heterocycles. The lowest BCUT2D eigenvalue weighted by molar-refractivity contribution is 0.100. The predicted octanol–water partition coefficient (Wildman–Crippen LogP) is 2.71. The molecule has 1 amide bonds. The SMILES string of the molecule is Cc1cc(S(C)=O)ccc1Nc1c(F)cccc1C(N)=O. The molecule has 0 radical (unpaired) electrons. The minimum Gasteiger partial charge on any atom is -0.366 e. The van der Waals surface area contributed by atoms with E-state index in [1.165, 1.54) is 18.2 Å². The zero-order valence-corrected chi connectivity index (χ0v) is 12.5. The average Bonchev–Trinajstić information content (AvgIpc) is 2.42. The van der Waals surface area contributed by atoms with Crippen molar-refractivity contribution in [1.82, 2.24) is 0 Å². The minimum atomic E-state index is -1.09. The van der Waals surface area contributed by atoms with Crippen molar-refractivity contribution in [2.75, 3.05) is 11.6 Å². The number of nitrogens with one attached hydrogen (secondary N) is 1. The van der Waals surface area contributed by atoms with Crippen LogP contribution in [0, 0.1) is 12.7 Å². The van der Waals surface area contributed by atoms with Crippen molar-refractivity contribution in [2.45, 2.75) is 11.8 Å². The van der Waals surface area contributed by atoms with Crippen molar-refractivity contribution < 1.29 is 13.4 Å². The molecule has 21 heavy (non-hydrogen) atoms. The summed E-state index contributed by atoms with van der Waals surface area (Å²) >= 11 is 0. The number of primary amides is 1. The number of benzene rings is 2. The first-order valence-electron chi connectivity index (χ1n) is 6.19. The Kier molecular flexibility index (Phi) is 4.37. The van der Waals surface area contributed by atoms with E-state index in [9.17, 15) is 13.4 Å². The summed E-state index contributed by atoms with van der Waals surface area (Å²) in [6.45, 7) is 1.81. The third-order valence-electron chi connectivity index (χ3n) is 3.07. The van der Waals surface area contributed by atoms with E-state index in [4.69, 9.17) is 5.73 Å². The number of anilines is 2. The largest absolute Gasteiger partial charge is 0.366 e. The molecule has 0 aliphatic carbocycles. The Hall–Kier alpha value is -2.21. The van der Waals surface area contributed by atoms with Gasteiger partial charge >= 0.3 is 0 Å². The molecule has 2 aromatic rings. The molecular weight excluding hydrogens is 291 g/mol. The molecule has 2 aromatic carbocycles. The summed E-state index contributed by atoms with van der Waals surface area (Å²) in [4.78, 5) is 12.1. The van der Waals surface area contributed by atoms with E-state index in [0.717, 1.165) is 5.56 Å². The zero-order valence-electron chi connectivity index (χ0n) is 11.6. The standard InChI is InChI=1S/C15H15FN2O2S/c1-9-8-10(21(2)20)6-7-13(9)18-14-11(15(17)19)4-3-5-12(14)16/h3-8,18H,1-2H3,(H2,17,19). The van der Waals surface area contributed by atoms with Crippen LogP contribution in [0.25, 0.3) is 0 Å². The fourth-order valence-electron chi connectivity index (χ4n) is 1.95. The molecule has 3 N–H and O–H groups in total. The van der Waals surface area contributed by atoms with Gasteiger partial charge in [-0.25, -0.2) is 4.39 Å². The van der Waals surface area contributed by atoms with Crippen LogP contribution in [0.4, 0.5) is 15.8 Å². The molecule has 0 saturated heterocycles. The van der Waals surface area contributed by atoms with Gasteiger partial charge in [-0.05, 0) is 42.8 Å². The molecule has 0 fully saturated rings. The van der Waals surface area contributed by atoms with Gasteiger partial charge in [-0.2, -0.15) is 0 Å². The van der Waals surface area contributed by atoms with Crippen LogP contribution >= 0.6 is 0 Å². The molecule has 0 aliphatic rings. The van der Waals surface area contributed by atoms with Crippen LogP contribution in [-0.4, -0.2) is 16.4 Å². The molecular formula is C15H15FN2O2S. The van der Waals surface area contributed by atoms with Crippen LogP contribution in [0.15, 0.2) is 41.3 Å². The van der Waals surface area contributed by atoms with Gasteiger partial charge in [-0.1, -0.05) is 6.07 Å². The van der Waals surface area contributed by atoms with Crippen LogP contribution in [0.3, 0.4) is 0 Å². The van der Waals surface area contributed by atoms with Crippen molar-refractivity contribution >= 4 is 28.1 Å². The lowest BCUT2D eigenvalue weighted by atomic mass is 10.1. The molecule has 1 unspecified atom stereocenters. The van der Waals surface area contributed by atoms with Crippen LogP contribution < -0.4 is 11.1 Å². The number of nitrogens with two attached hydrogens (primary N) is 1. The van der Waals surface area contributed by atoms with Crippen LogP contribution in [0.1, 0.15) is 15.9 Å². The smallest absolute Gasteiger partial charge is 0.250 e. The van der Waals surface area contributed by atoms with E-state index in [1.807, 2.05) is 6.92 Å². The first kappa shape index (κ1) is 15.2. The number of amides is 1. The number of hydrogen-bond donors (Lipinski definition) is 2. The van der Waals surface area contributed by atoms with Crippen molar-refractivity contribution in [2.24, 2.45) is 5.73 Å². The molecule has 4 nitrogen and oxygen atoms in total. The second-order valence-corrected chi connectivity index (χ2v) is 5.96. The Morgan fingerprint density at radius 1 is 1.29 bits per heavy atom. The number of rotatable bonds is 4. The number of carbonyl (C=O) groups is 1. The Morgan fingerprint density at radius 2 is 2.00 bits per heavy atom. The van der Waals surface area contributed by atoms with Crippen LogP contribution in [0.2, 0.25) is 0 Å². The molecule has 6 heteroatoms. The molecule has 0 saturated carbocycles. The highest BCUT2D eigenvalue weighted by molar-refractivity contribution is 7.84. The summed E-state index contributed by atoms with van der Waals surface area (Å²) in [5, 5.41) is 2.88. The monoisotopic (exact) mass is 306 g/mol. The maximum Gasteiger partial charge on any atom is 0.250 e. The number of carbonyl (C=O) groups excluding carboxylic acids is 1. The van der Waals surface area contributed by atoms with Crippen molar-refractivity contribution in [1.29, 1.82) is 0 Å². The van der Waals surface area contributed by atoms with Gasteiger partial charge in [0, 0.05) is 27.6 Å². The number of halogens is 1. The molecule has 110 valence electrons. The lowest BCUT2D eigenvalue weighted by Gasteiger charge is -2.14. The lowest BCUT2D eigenvalue weighted by Crippen LogP contribution is -2.14. The molecule has 0 bridgehead atoms. The number of hydrogen-bond acceptors (Lipinski definition) is 3. The second-order valence-electron chi connectivity index (χ2n) is 4.58. The highest BCUT2D eigenvalue weighted by atomic mass is 32.2.